The maximum absolute atomic E-state index is 4.41. The first-order valence-corrected chi connectivity index (χ1v) is 6.79. The Morgan fingerprint density at radius 2 is 1.32 bits per heavy atom. The molecule has 0 aromatic carbocycles. The Morgan fingerprint density at radius 1 is 0.727 bits per heavy atom. The molecule has 0 aliphatic carbocycles. The topological polar surface area (TPSA) is 12.4 Å². The fourth-order valence-electron chi connectivity index (χ4n) is 1.68. The molecule has 0 spiro atoms. The van der Waals surface area contributed by atoms with Crippen LogP contribution in [0.5, 0.6) is 0 Å². The average Bonchev–Trinajstić information content (AvgIpc) is 2.54. The minimum atomic E-state index is 0.737. The Balaban J connectivity index is 6.44. The maximum Gasteiger partial charge on any atom is 0.0779 e. The number of nitrogens with zero attached hydrogens (tertiary/aromatic N) is 1. The van der Waals surface area contributed by atoms with Gasteiger partial charge in [-0.15, -0.1) is 0 Å². The van der Waals surface area contributed by atoms with E-state index in [0.29, 0.717) is 0 Å². The molecule has 1 heteroatoms. The molecule has 0 bridgehead atoms. The predicted octanol–water partition coefficient (Wildman–Crippen LogP) is 5.84. The number of hydrogen-bond donors (Lipinski definition) is 0. The summed E-state index contributed by atoms with van der Waals surface area (Å²) in [5.41, 5.74) is 3.34. The van der Waals surface area contributed by atoms with Gasteiger partial charge >= 0.3 is 0 Å². The Kier molecular flexibility index (Phi) is 10.3. The third-order valence-corrected chi connectivity index (χ3v) is 2.61. The van der Waals surface area contributed by atoms with E-state index in [9.17, 15) is 0 Å². The molecular weight excluding hydrogens is 266 g/mol. The summed E-state index contributed by atoms with van der Waals surface area (Å²) in [7, 11) is 0. The first-order chi connectivity index (χ1) is 10.7. The van der Waals surface area contributed by atoms with Gasteiger partial charge in [-0.05, 0) is 5.57 Å². The largest absolute Gasteiger partial charge is 0.256 e. The summed E-state index contributed by atoms with van der Waals surface area (Å²) in [6, 6.07) is 0. The molecule has 0 N–H and O–H groups in total. The molecule has 0 atom stereocenters. The highest BCUT2D eigenvalue weighted by molar-refractivity contribution is 6.17. The molecule has 0 heterocycles. The smallest absolute Gasteiger partial charge is 0.0779 e. The van der Waals surface area contributed by atoms with Crippen molar-refractivity contribution in [3.63, 3.8) is 0 Å². The molecular formula is C21H23N. The minimum absolute atomic E-state index is 0.737. The van der Waals surface area contributed by atoms with Crippen LogP contribution in [-0.4, -0.2) is 5.71 Å². The highest BCUT2D eigenvalue weighted by Crippen LogP contribution is 2.18. The van der Waals surface area contributed by atoms with Crippen molar-refractivity contribution < 1.29 is 0 Å². The molecule has 0 fully saturated rings. The SMILES string of the molecule is C=C/C=C\C(C(=NC=C)C(/C=C\C=C)=C/C=C)=C(C=C)C=C. The Bertz CT molecular complexity index is 592. The molecule has 0 aromatic heterocycles. The third-order valence-electron chi connectivity index (χ3n) is 2.61. The van der Waals surface area contributed by atoms with Gasteiger partial charge in [0, 0.05) is 17.3 Å². The number of aliphatic imine (C=N–C) groups is 1. The predicted molar refractivity (Wildman–Crippen MR) is 102 cm³/mol. The van der Waals surface area contributed by atoms with Gasteiger partial charge in [0.15, 0.2) is 0 Å². The van der Waals surface area contributed by atoms with Crippen molar-refractivity contribution in [2.45, 2.75) is 0 Å². The highest BCUT2D eigenvalue weighted by atomic mass is 14.7. The van der Waals surface area contributed by atoms with E-state index in [2.05, 4.69) is 44.5 Å². The van der Waals surface area contributed by atoms with E-state index >= 15 is 0 Å². The van der Waals surface area contributed by atoms with Gasteiger partial charge < -0.3 is 0 Å². The van der Waals surface area contributed by atoms with Crippen LogP contribution in [0.3, 0.4) is 0 Å². The molecule has 0 amide bonds. The van der Waals surface area contributed by atoms with Crippen LogP contribution >= 0.6 is 0 Å². The van der Waals surface area contributed by atoms with E-state index in [0.717, 1.165) is 22.4 Å². The molecule has 22 heavy (non-hydrogen) atoms. The van der Waals surface area contributed by atoms with Gasteiger partial charge in [-0.25, -0.2) is 0 Å². The van der Waals surface area contributed by atoms with Crippen LogP contribution in [0.2, 0.25) is 0 Å². The normalized spacial score (nSPS) is 12.0. The van der Waals surface area contributed by atoms with Gasteiger partial charge in [0.25, 0.3) is 0 Å². The van der Waals surface area contributed by atoms with Gasteiger partial charge in [-0.2, -0.15) is 0 Å². The van der Waals surface area contributed by atoms with Crippen LogP contribution in [0.1, 0.15) is 0 Å². The Hall–Kier alpha value is -2.93. The summed E-state index contributed by atoms with van der Waals surface area (Å²) in [5.74, 6) is 0. The second-order valence-electron chi connectivity index (χ2n) is 3.98. The van der Waals surface area contributed by atoms with E-state index in [1.807, 2.05) is 30.4 Å². The molecule has 112 valence electrons. The lowest BCUT2D eigenvalue weighted by Crippen LogP contribution is -2.06. The first-order valence-electron chi connectivity index (χ1n) is 6.79. The van der Waals surface area contributed by atoms with Crippen molar-refractivity contribution in [1.82, 2.24) is 0 Å². The van der Waals surface area contributed by atoms with Crippen LogP contribution in [0, 0.1) is 0 Å². The molecule has 0 saturated carbocycles. The van der Waals surface area contributed by atoms with Gasteiger partial charge in [-0.1, -0.05) is 100 Å². The van der Waals surface area contributed by atoms with Crippen LogP contribution in [0.25, 0.3) is 0 Å². The summed E-state index contributed by atoms with van der Waals surface area (Å²) >= 11 is 0. The Morgan fingerprint density at radius 3 is 1.77 bits per heavy atom. The maximum atomic E-state index is 4.41. The zero-order valence-electron chi connectivity index (χ0n) is 13.0. The number of allylic oxidation sites excluding steroid dienone is 13. The second-order valence-corrected chi connectivity index (χ2v) is 3.98. The standard InChI is InChI=1S/C21H23N/c1-7-13-16-19(15-9-3)21(22-12-6)20(17-14-8-2)18(10-4)11-5/h7-17H,1-6H2/b16-13-,17-14-,19-15+,22-21?. The summed E-state index contributed by atoms with van der Waals surface area (Å²) < 4.78 is 0. The minimum Gasteiger partial charge on any atom is -0.256 e. The van der Waals surface area contributed by atoms with Crippen LogP contribution in [0.4, 0.5) is 0 Å². The van der Waals surface area contributed by atoms with E-state index in [4.69, 9.17) is 0 Å². The molecule has 0 unspecified atom stereocenters. The molecule has 0 aromatic rings. The van der Waals surface area contributed by atoms with Gasteiger partial charge in [0.05, 0.1) is 5.71 Å². The molecule has 0 saturated heterocycles. The molecule has 0 rings (SSSR count). The van der Waals surface area contributed by atoms with E-state index < -0.39 is 0 Å². The van der Waals surface area contributed by atoms with Crippen molar-refractivity contribution in [3.8, 4) is 0 Å². The summed E-state index contributed by atoms with van der Waals surface area (Å²) in [6.45, 7) is 22.5. The first kappa shape index (κ1) is 19.1. The molecule has 0 aliphatic rings. The lowest BCUT2D eigenvalue weighted by molar-refractivity contribution is 1.50. The number of hydrogen-bond acceptors (Lipinski definition) is 1. The molecule has 0 aliphatic heterocycles. The van der Waals surface area contributed by atoms with Gasteiger partial charge in [0.1, 0.15) is 0 Å². The van der Waals surface area contributed by atoms with Gasteiger partial charge in [-0.3, -0.25) is 4.99 Å². The molecule has 1 nitrogen and oxygen atoms in total. The fourth-order valence-corrected chi connectivity index (χ4v) is 1.68. The summed E-state index contributed by atoms with van der Waals surface area (Å²) in [6.07, 6.45) is 19.4. The number of rotatable bonds is 10. The van der Waals surface area contributed by atoms with Crippen LogP contribution in [0.15, 0.2) is 128 Å². The van der Waals surface area contributed by atoms with Gasteiger partial charge in [0.2, 0.25) is 0 Å². The Labute approximate surface area is 134 Å². The summed E-state index contributed by atoms with van der Waals surface area (Å²) in [4.78, 5) is 4.41. The van der Waals surface area contributed by atoms with Crippen molar-refractivity contribution in [1.29, 1.82) is 0 Å². The third kappa shape index (κ3) is 6.02. The van der Waals surface area contributed by atoms with Crippen molar-refractivity contribution in [3.05, 3.63) is 123 Å². The second kappa shape index (κ2) is 11.9. The fraction of sp³-hybridized carbons (Fsp3) is 0. The van der Waals surface area contributed by atoms with Crippen molar-refractivity contribution in [2.24, 2.45) is 4.99 Å². The lowest BCUT2D eigenvalue weighted by Gasteiger charge is -2.11. The van der Waals surface area contributed by atoms with Crippen LogP contribution in [-0.2, 0) is 0 Å². The van der Waals surface area contributed by atoms with E-state index in [-0.39, 0.29) is 0 Å². The van der Waals surface area contributed by atoms with Crippen LogP contribution < -0.4 is 0 Å². The van der Waals surface area contributed by atoms with E-state index in [1.54, 1.807) is 30.4 Å². The van der Waals surface area contributed by atoms with E-state index in [1.165, 1.54) is 6.20 Å². The quantitative estimate of drug-likeness (QED) is 0.354. The van der Waals surface area contributed by atoms with Crippen molar-refractivity contribution >= 4 is 5.71 Å². The molecule has 0 radical (unpaired) electrons. The monoisotopic (exact) mass is 289 g/mol. The summed E-state index contributed by atoms with van der Waals surface area (Å²) in [5, 5.41) is 0. The lowest BCUT2D eigenvalue weighted by atomic mass is 9.95. The zero-order valence-corrected chi connectivity index (χ0v) is 13.0. The highest BCUT2D eigenvalue weighted by Gasteiger charge is 2.10. The zero-order chi connectivity index (χ0) is 16.8. The average molecular weight is 289 g/mol. The van der Waals surface area contributed by atoms with Crippen molar-refractivity contribution in [2.75, 3.05) is 0 Å².